The molecule has 132 valence electrons. The van der Waals surface area contributed by atoms with E-state index in [9.17, 15) is 13.6 Å². The number of halogens is 2. The molecule has 4 nitrogen and oxygen atoms in total. The summed E-state index contributed by atoms with van der Waals surface area (Å²) in [5.41, 5.74) is 1.82. The van der Waals surface area contributed by atoms with E-state index in [0.29, 0.717) is 25.9 Å². The molecule has 1 aliphatic rings. The van der Waals surface area contributed by atoms with Gasteiger partial charge in [-0.15, -0.1) is 0 Å². The zero-order valence-corrected chi connectivity index (χ0v) is 13.9. The predicted molar refractivity (Wildman–Crippen MR) is 94.4 cm³/mol. The summed E-state index contributed by atoms with van der Waals surface area (Å²) in [6, 6.07) is 9.68. The molecule has 1 amide bonds. The molecule has 2 heterocycles. The van der Waals surface area contributed by atoms with E-state index in [2.05, 4.69) is 10.3 Å². The monoisotopic (exact) mass is 345 g/mol. The lowest BCUT2D eigenvalue weighted by Gasteiger charge is -2.31. The molecule has 1 saturated heterocycles. The number of hydrogen-bond donors (Lipinski definition) is 1. The average Bonchev–Trinajstić information content (AvgIpc) is 2.61. The fourth-order valence-corrected chi connectivity index (χ4v) is 3.13. The van der Waals surface area contributed by atoms with E-state index in [-0.39, 0.29) is 18.5 Å². The number of benzene rings is 1. The van der Waals surface area contributed by atoms with Crippen molar-refractivity contribution < 1.29 is 13.6 Å². The smallest absolute Gasteiger partial charge is 0.251 e. The minimum absolute atomic E-state index is 0.0419. The molecule has 1 aromatic carbocycles. The molecule has 0 radical (unpaired) electrons. The normalized spacial score (nSPS) is 16.8. The van der Waals surface area contributed by atoms with Gasteiger partial charge in [0.15, 0.2) is 0 Å². The first-order valence-electron chi connectivity index (χ1n) is 8.44. The first-order valence-corrected chi connectivity index (χ1v) is 8.44. The second kappa shape index (κ2) is 8.16. The number of carbonyl (C=O) groups is 1. The molecule has 0 atom stereocenters. The van der Waals surface area contributed by atoms with Crippen molar-refractivity contribution in [3.8, 4) is 0 Å². The molecule has 1 N–H and O–H groups in total. The lowest BCUT2D eigenvalue weighted by atomic mass is 10.0. The number of amides is 1. The maximum absolute atomic E-state index is 12.4. The summed E-state index contributed by atoms with van der Waals surface area (Å²) in [7, 11) is 0. The van der Waals surface area contributed by atoms with Crippen molar-refractivity contribution in [2.75, 3.05) is 19.6 Å². The fraction of sp³-hybridized carbons (Fsp3) is 0.368. The van der Waals surface area contributed by atoms with Crippen LogP contribution in [0.1, 0.15) is 18.4 Å². The number of likely N-dealkylation sites (tertiary alicyclic amines) is 1. The molecule has 0 saturated carbocycles. The van der Waals surface area contributed by atoms with Crippen LogP contribution in [0.4, 0.5) is 8.78 Å². The maximum atomic E-state index is 12.4. The quantitative estimate of drug-likeness (QED) is 0.847. The van der Waals surface area contributed by atoms with Gasteiger partial charge in [0.05, 0.1) is 12.1 Å². The number of aromatic nitrogens is 1. The van der Waals surface area contributed by atoms with Crippen LogP contribution in [0, 0.1) is 0 Å². The third-order valence-corrected chi connectivity index (χ3v) is 4.43. The second-order valence-corrected chi connectivity index (χ2v) is 6.23. The Morgan fingerprint density at radius 3 is 2.80 bits per heavy atom. The van der Waals surface area contributed by atoms with Gasteiger partial charge in [0.1, 0.15) is 0 Å². The molecule has 1 fully saturated rings. The molecule has 0 bridgehead atoms. The third kappa shape index (κ3) is 4.82. The van der Waals surface area contributed by atoms with Gasteiger partial charge in [-0.3, -0.25) is 14.7 Å². The topological polar surface area (TPSA) is 45.2 Å². The van der Waals surface area contributed by atoms with Crippen LogP contribution in [0.25, 0.3) is 17.0 Å². The van der Waals surface area contributed by atoms with E-state index in [1.807, 2.05) is 30.3 Å². The first-order chi connectivity index (χ1) is 12.1. The summed E-state index contributed by atoms with van der Waals surface area (Å²) in [4.78, 5) is 18.2. The number of rotatable bonds is 5. The van der Waals surface area contributed by atoms with Crippen molar-refractivity contribution in [2.24, 2.45) is 0 Å². The van der Waals surface area contributed by atoms with Gasteiger partial charge in [-0.25, -0.2) is 8.78 Å². The minimum Gasteiger partial charge on any atom is -0.350 e. The first kappa shape index (κ1) is 17.5. The number of fused-ring (bicyclic) bond motifs is 1. The summed E-state index contributed by atoms with van der Waals surface area (Å²) >= 11 is 0. The molecule has 0 unspecified atom stereocenters. The molecule has 3 rings (SSSR count). The van der Waals surface area contributed by atoms with Crippen LogP contribution >= 0.6 is 0 Å². The number of carbonyl (C=O) groups excluding carboxylic acids is 1. The number of alkyl halides is 2. The molecule has 2 aromatic rings. The SMILES string of the molecule is O=C(/C=C/c1ccnc2ccccc12)NC1CCN(CC(F)F)CC1. The lowest BCUT2D eigenvalue weighted by molar-refractivity contribution is -0.117. The third-order valence-electron chi connectivity index (χ3n) is 4.43. The Balaban J connectivity index is 1.55. The van der Waals surface area contributed by atoms with Gasteiger partial charge >= 0.3 is 0 Å². The van der Waals surface area contributed by atoms with E-state index in [0.717, 1.165) is 16.5 Å². The second-order valence-electron chi connectivity index (χ2n) is 6.23. The highest BCUT2D eigenvalue weighted by molar-refractivity contribution is 5.95. The molecular formula is C19H21F2N3O. The van der Waals surface area contributed by atoms with E-state index in [1.165, 1.54) is 6.08 Å². The number of nitrogens with one attached hydrogen (secondary N) is 1. The molecular weight excluding hydrogens is 324 g/mol. The molecule has 6 heteroatoms. The average molecular weight is 345 g/mol. The van der Waals surface area contributed by atoms with E-state index in [1.54, 1.807) is 17.2 Å². The van der Waals surface area contributed by atoms with E-state index < -0.39 is 6.43 Å². The van der Waals surface area contributed by atoms with Crippen molar-refractivity contribution in [3.63, 3.8) is 0 Å². The van der Waals surface area contributed by atoms with Crippen molar-refractivity contribution in [1.82, 2.24) is 15.2 Å². The largest absolute Gasteiger partial charge is 0.350 e. The molecule has 1 aromatic heterocycles. The lowest BCUT2D eigenvalue weighted by Crippen LogP contribution is -2.45. The van der Waals surface area contributed by atoms with Crippen LogP contribution in [0.5, 0.6) is 0 Å². The number of nitrogens with zero attached hydrogens (tertiary/aromatic N) is 2. The Kier molecular flexibility index (Phi) is 5.71. The fourth-order valence-electron chi connectivity index (χ4n) is 3.13. The van der Waals surface area contributed by atoms with E-state index in [4.69, 9.17) is 0 Å². The molecule has 1 aliphatic heterocycles. The minimum atomic E-state index is -2.30. The Bertz CT molecular complexity index is 750. The summed E-state index contributed by atoms with van der Waals surface area (Å²) in [5.74, 6) is -0.159. The Hall–Kier alpha value is -2.34. The number of piperidine rings is 1. The molecule has 25 heavy (non-hydrogen) atoms. The highest BCUT2D eigenvalue weighted by Crippen LogP contribution is 2.17. The van der Waals surface area contributed by atoms with Crippen LogP contribution in [0.3, 0.4) is 0 Å². The number of hydrogen-bond acceptors (Lipinski definition) is 3. The molecule has 0 spiro atoms. The zero-order valence-electron chi connectivity index (χ0n) is 13.9. The molecule has 0 aliphatic carbocycles. The van der Waals surface area contributed by atoms with Gasteiger partial charge in [0.25, 0.3) is 6.43 Å². The highest BCUT2D eigenvalue weighted by Gasteiger charge is 2.21. The Morgan fingerprint density at radius 2 is 2.04 bits per heavy atom. The summed E-state index contributed by atoms with van der Waals surface area (Å²) in [5, 5.41) is 3.95. The standard InChI is InChI=1S/C19H21F2N3O/c20-18(21)13-24-11-8-15(9-12-24)23-19(25)6-5-14-7-10-22-17-4-2-1-3-16(14)17/h1-7,10,15,18H,8-9,11-13H2,(H,23,25)/b6-5+. The van der Waals surface area contributed by atoms with Gasteiger partial charge in [0, 0.05) is 36.8 Å². The van der Waals surface area contributed by atoms with Crippen molar-refractivity contribution >= 4 is 22.9 Å². The van der Waals surface area contributed by atoms with Crippen molar-refractivity contribution in [3.05, 3.63) is 48.2 Å². The number of pyridine rings is 1. The van der Waals surface area contributed by atoms with Gasteiger partial charge < -0.3 is 5.32 Å². The van der Waals surface area contributed by atoms with Crippen LogP contribution in [0.15, 0.2) is 42.6 Å². The van der Waals surface area contributed by atoms with Crippen LogP contribution in [0.2, 0.25) is 0 Å². The summed E-state index contributed by atoms with van der Waals surface area (Å²) in [6.07, 6.45) is 4.12. The van der Waals surface area contributed by atoms with Crippen LogP contribution in [-0.4, -0.2) is 47.9 Å². The number of para-hydroxylation sites is 1. The van der Waals surface area contributed by atoms with Gasteiger partial charge in [-0.1, -0.05) is 18.2 Å². The maximum Gasteiger partial charge on any atom is 0.251 e. The Morgan fingerprint density at radius 1 is 1.28 bits per heavy atom. The van der Waals surface area contributed by atoms with Crippen LogP contribution in [-0.2, 0) is 4.79 Å². The Labute approximate surface area is 145 Å². The highest BCUT2D eigenvalue weighted by atomic mass is 19.3. The van der Waals surface area contributed by atoms with Gasteiger partial charge in [-0.2, -0.15) is 0 Å². The summed E-state index contributed by atoms with van der Waals surface area (Å²) < 4.78 is 24.7. The van der Waals surface area contributed by atoms with Gasteiger partial charge in [0.2, 0.25) is 5.91 Å². The van der Waals surface area contributed by atoms with Crippen LogP contribution < -0.4 is 5.32 Å². The van der Waals surface area contributed by atoms with Crippen molar-refractivity contribution in [1.29, 1.82) is 0 Å². The predicted octanol–water partition coefficient (Wildman–Crippen LogP) is 3.09. The van der Waals surface area contributed by atoms with Crippen molar-refractivity contribution in [2.45, 2.75) is 25.3 Å². The summed E-state index contributed by atoms with van der Waals surface area (Å²) in [6.45, 7) is 0.998. The van der Waals surface area contributed by atoms with E-state index >= 15 is 0 Å². The zero-order chi connectivity index (χ0) is 17.6. The van der Waals surface area contributed by atoms with Gasteiger partial charge in [-0.05, 0) is 36.6 Å².